The number of rotatable bonds is 1. The molecule has 1 unspecified atom stereocenters. The molecule has 2 aliphatic heterocycles. The molecule has 0 aromatic heterocycles. The Kier molecular flexibility index (Phi) is 11.9. The number of Topliss-reactive ketones (excluding diaryl/α,β-unsaturated/α-hetero) is 2. The standard InChI is InChI=1S/C35H45NO11/c1-14-9-8-10-15(2)35(47)36-22-12-23(38)24-25(32(44)20(7)33(45)26(24)34(22)46)28(40)16(3)11-21(13-37)31(43)19(6)30(42)18(5)29(41)17(4)27(14)39/h8-12,14,17-19,21,27,29-31,37,39,41-45H,13H2,1-7H3,(H,36,47)/b9-8+,15-10-,16-11-/t14-,17+,18-,19+,21?,27-,29+,30-,31+/m0/s1. The van der Waals surface area contributed by atoms with Gasteiger partial charge in [-0.05, 0) is 26.3 Å². The van der Waals surface area contributed by atoms with Gasteiger partial charge < -0.3 is 41.1 Å². The number of phenolic OH excluding ortho intramolecular Hbond substituents is 2. The van der Waals surface area contributed by atoms with Gasteiger partial charge in [0.1, 0.15) is 11.5 Å². The van der Waals surface area contributed by atoms with E-state index in [9.17, 15) is 54.9 Å². The lowest BCUT2D eigenvalue weighted by Gasteiger charge is -2.37. The molecule has 0 saturated heterocycles. The van der Waals surface area contributed by atoms with Crippen LogP contribution in [0.2, 0.25) is 0 Å². The Morgan fingerprint density at radius 2 is 1.21 bits per heavy atom. The average Bonchev–Trinajstić information content (AvgIpc) is 3.04. The van der Waals surface area contributed by atoms with Crippen LogP contribution in [0, 0.1) is 36.5 Å². The van der Waals surface area contributed by atoms with Crippen LogP contribution in [0.25, 0.3) is 0 Å². The topological polar surface area (TPSA) is 222 Å². The third-order valence-electron chi connectivity index (χ3n) is 9.51. The van der Waals surface area contributed by atoms with E-state index >= 15 is 0 Å². The van der Waals surface area contributed by atoms with Crippen molar-refractivity contribution in [2.45, 2.75) is 72.9 Å². The molecule has 1 aliphatic carbocycles. The maximum absolute atomic E-state index is 13.8. The Bertz CT molecular complexity index is 1570. The predicted molar refractivity (Wildman–Crippen MR) is 172 cm³/mol. The summed E-state index contributed by atoms with van der Waals surface area (Å²) in [5, 5.41) is 78.6. The Balaban J connectivity index is 2.23. The van der Waals surface area contributed by atoms with Crippen LogP contribution in [0.15, 0.2) is 47.2 Å². The zero-order valence-corrected chi connectivity index (χ0v) is 27.6. The molecule has 12 nitrogen and oxygen atoms in total. The van der Waals surface area contributed by atoms with Gasteiger partial charge in [0.15, 0.2) is 11.6 Å². The minimum absolute atomic E-state index is 0.117. The number of allylic oxidation sites excluding steroid dienone is 5. The second-order valence-electron chi connectivity index (χ2n) is 12.8. The summed E-state index contributed by atoms with van der Waals surface area (Å²) in [6.45, 7) is 9.69. The Morgan fingerprint density at radius 3 is 1.77 bits per heavy atom. The summed E-state index contributed by atoms with van der Waals surface area (Å²) in [6.07, 6.45) is 1.49. The molecular formula is C35H45NO11. The number of benzene rings is 1. The summed E-state index contributed by atoms with van der Waals surface area (Å²) in [4.78, 5) is 53.6. The summed E-state index contributed by atoms with van der Waals surface area (Å²) in [6, 6.07) is 0. The van der Waals surface area contributed by atoms with Crippen LogP contribution in [0.4, 0.5) is 0 Å². The van der Waals surface area contributed by atoms with E-state index in [4.69, 9.17) is 0 Å². The molecule has 0 radical (unpaired) electrons. The number of amides is 1. The molecule has 47 heavy (non-hydrogen) atoms. The molecule has 256 valence electrons. The maximum Gasteiger partial charge on any atom is 0.251 e. The lowest BCUT2D eigenvalue weighted by molar-refractivity contribution is -0.116. The normalized spacial score (nSPS) is 34.6. The number of hydrogen-bond acceptors (Lipinski definition) is 11. The van der Waals surface area contributed by atoms with Crippen LogP contribution >= 0.6 is 0 Å². The first-order valence-corrected chi connectivity index (χ1v) is 15.5. The van der Waals surface area contributed by atoms with Gasteiger partial charge in [0.2, 0.25) is 5.78 Å². The summed E-state index contributed by atoms with van der Waals surface area (Å²) >= 11 is 0. The molecule has 12 heteroatoms. The Hall–Kier alpha value is -3.94. The van der Waals surface area contributed by atoms with Crippen molar-refractivity contribution in [2.75, 3.05) is 6.61 Å². The van der Waals surface area contributed by atoms with Crippen molar-refractivity contribution in [3.63, 3.8) is 0 Å². The fourth-order valence-electron chi connectivity index (χ4n) is 6.11. The van der Waals surface area contributed by atoms with Gasteiger partial charge in [-0.1, -0.05) is 52.0 Å². The summed E-state index contributed by atoms with van der Waals surface area (Å²) in [7, 11) is 0. The molecule has 0 fully saturated rings. The quantitative estimate of drug-likeness (QED) is 0.219. The fraction of sp³-hybridized carbons (Fsp3) is 0.486. The Morgan fingerprint density at radius 1 is 0.702 bits per heavy atom. The van der Waals surface area contributed by atoms with Gasteiger partial charge in [-0.15, -0.1) is 0 Å². The van der Waals surface area contributed by atoms with Crippen molar-refractivity contribution in [1.29, 1.82) is 0 Å². The van der Waals surface area contributed by atoms with Gasteiger partial charge in [-0.25, -0.2) is 0 Å². The zero-order chi connectivity index (χ0) is 35.7. The van der Waals surface area contributed by atoms with E-state index in [0.29, 0.717) is 0 Å². The molecule has 9 atom stereocenters. The predicted octanol–water partition coefficient (Wildman–Crippen LogP) is 2.03. The minimum Gasteiger partial charge on any atom is -0.507 e. The first-order chi connectivity index (χ1) is 21.9. The largest absolute Gasteiger partial charge is 0.507 e. The van der Waals surface area contributed by atoms with Gasteiger partial charge in [-0.2, -0.15) is 0 Å². The van der Waals surface area contributed by atoms with E-state index in [0.717, 1.165) is 6.08 Å². The summed E-state index contributed by atoms with van der Waals surface area (Å²) in [5.74, 6) is -9.29. The number of aromatic hydroxyl groups is 2. The van der Waals surface area contributed by atoms with Crippen LogP contribution in [0.1, 0.15) is 78.2 Å². The van der Waals surface area contributed by atoms with Crippen molar-refractivity contribution in [3.8, 4) is 11.5 Å². The number of phenols is 2. The first kappa shape index (κ1) is 37.5. The molecule has 0 saturated carbocycles. The van der Waals surface area contributed by atoms with E-state index < -0.39 is 118 Å². The highest BCUT2D eigenvalue weighted by Crippen LogP contribution is 2.41. The van der Waals surface area contributed by atoms with Crippen molar-refractivity contribution in [1.82, 2.24) is 5.32 Å². The number of carbonyl (C=O) groups is 4. The second-order valence-corrected chi connectivity index (χ2v) is 12.8. The molecule has 1 amide bonds. The molecule has 1 aromatic rings. The summed E-state index contributed by atoms with van der Waals surface area (Å²) < 4.78 is 0. The van der Waals surface area contributed by atoms with E-state index in [-0.39, 0.29) is 16.7 Å². The lowest BCUT2D eigenvalue weighted by atomic mass is 9.76. The van der Waals surface area contributed by atoms with Crippen LogP contribution in [-0.2, 0) is 4.79 Å². The highest BCUT2D eigenvalue weighted by molar-refractivity contribution is 6.31. The molecular weight excluding hydrogens is 610 g/mol. The molecule has 8 N–H and O–H groups in total. The van der Waals surface area contributed by atoms with Crippen LogP contribution in [-0.4, -0.2) is 90.0 Å². The average molecular weight is 656 g/mol. The number of aliphatic hydroxyl groups is 5. The van der Waals surface area contributed by atoms with Gasteiger partial charge in [0.05, 0.1) is 53.4 Å². The number of hydrogen-bond donors (Lipinski definition) is 8. The van der Waals surface area contributed by atoms with Crippen LogP contribution < -0.4 is 5.32 Å². The monoisotopic (exact) mass is 655 g/mol. The van der Waals surface area contributed by atoms with Gasteiger partial charge in [0.25, 0.3) is 5.91 Å². The van der Waals surface area contributed by atoms with Crippen LogP contribution in [0.3, 0.4) is 0 Å². The number of aliphatic hydroxyl groups excluding tert-OH is 5. The van der Waals surface area contributed by atoms with E-state index in [1.54, 1.807) is 26.8 Å². The number of fused-ring (bicyclic) bond motifs is 15. The van der Waals surface area contributed by atoms with E-state index in [1.807, 2.05) is 0 Å². The van der Waals surface area contributed by atoms with Crippen LogP contribution in [0.5, 0.6) is 11.5 Å². The van der Waals surface area contributed by atoms with Crippen molar-refractivity contribution in [3.05, 3.63) is 69.5 Å². The molecule has 1 aromatic carbocycles. The first-order valence-electron chi connectivity index (χ1n) is 15.5. The minimum atomic E-state index is -1.44. The van der Waals surface area contributed by atoms with Crippen molar-refractivity contribution in [2.24, 2.45) is 29.6 Å². The van der Waals surface area contributed by atoms with Crippen molar-refractivity contribution < 1.29 is 54.9 Å². The fourth-order valence-corrected chi connectivity index (χ4v) is 6.11. The van der Waals surface area contributed by atoms with Crippen molar-refractivity contribution >= 4 is 23.3 Å². The molecule has 4 rings (SSSR count). The molecule has 0 spiro atoms. The second kappa shape index (κ2) is 14.9. The number of ketones is 3. The molecule has 4 bridgehead atoms. The highest BCUT2D eigenvalue weighted by atomic mass is 16.3. The smallest absolute Gasteiger partial charge is 0.251 e. The molecule has 2 heterocycles. The highest BCUT2D eigenvalue weighted by Gasteiger charge is 2.40. The third kappa shape index (κ3) is 7.31. The van der Waals surface area contributed by atoms with E-state index in [2.05, 4.69) is 5.32 Å². The maximum atomic E-state index is 13.8. The molecule has 3 aliphatic rings. The zero-order valence-electron chi connectivity index (χ0n) is 27.6. The number of nitrogens with one attached hydrogen (secondary N) is 1. The third-order valence-corrected chi connectivity index (χ3v) is 9.51. The van der Waals surface area contributed by atoms with Gasteiger partial charge in [-0.3, -0.25) is 19.2 Å². The van der Waals surface area contributed by atoms with E-state index in [1.165, 1.54) is 45.9 Å². The van der Waals surface area contributed by atoms with Gasteiger partial charge in [0, 0.05) is 46.8 Å². The SMILES string of the molecule is C/C1=C/C=C/[C@H](C)[C@H](O)[C@@H](C)[C@@H](O)[C@H](C)[C@H](O)[C@@H](C)[C@@H](O)C(CO)/C=C(/C)C(=O)c2c(O)c(C)c(O)c3c2C(=O)C=C(NC1=O)C3=O. The lowest BCUT2D eigenvalue weighted by Crippen LogP contribution is -2.46. The summed E-state index contributed by atoms with van der Waals surface area (Å²) in [5.41, 5.74) is -2.50. The number of carbonyl (C=O) groups excluding carboxylic acids is 4. The Labute approximate surface area is 273 Å². The van der Waals surface area contributed by atoms with Gasteiger partial charge >= 0.3 is 0 Å².